The zero-order chi connectivity index (χ0) is 23.5. The van der Waals surface area contributed by atoms with Crippen LogP contribution in [-0.4, -0.2) is 31.8 Å². The zero-order valence-electron chi connectivity index (χ0n) is 20.0. The highest BCUT2D eigenvalue weighted by atomic mass is 33.1. The summed E-state index contributed by atoms with van der Waals surface area (Å²) in [6.07, 6.45) is 2.18. The lowest BCUT2D eigenvalue weighted by atomic mass is 9.80. The molecule has 0 bridgehead atoms. The summed E-state index contributed by atoms with van der Waals surface area (Å²) in [7, 11) is 7.28. The van der Waals surface area contributed by atoms with Crippen molar-refractivity contribution in [2.24, 2.45) is 0 Å². The predicted molar refractivity (Wildman–Crippen MR) is 143 cm³/mol. The smallest absolute Gasteiger partial charge is 0.143 e. The van der Waals surface area contributed by atoms with Gasteiger partial charge in [-0.3, -0.25) is 0 Å². The van der Waals surface area contributed by atoms with Gasteiger partial charge in [0.05, 0.1) is 14.2 Å². The van der Waals surface area contributed by atoms with Crippen molar-refractivity contribution in [1.29, 1.82) is 0 Å². The van der Waals surface area contributed by atoms with Crippen LogP contribution in [0.4, 0.5) is 0 Å². The molecule has 0 aliphatic rings. The molecule has 0 saturated carbocycles. The minimum atomic E-state index is -0.728. The van der Waals surface area contributed by atoms with E-state index in [-0.39, 0.29) is 0 Å². The van der Waals surface area contributed by atoms with Gasteiger partial charge in [0, 0.05) is 17.6 Å². The summed E-state index contributed by atoms with van der Waals surface area (Å²) in [5.41, 5.74) is 2.51. The largest absolute Gasteiger partial charge is 0.497 e. The minimum Gasteiger partial charge on any atom is -0.497 e. The molecular weight excluding hydrogens is 448 g/mol. The van der Waals surface area contributed by atoms with Gasteiger partial charge in [0.25, 0.3) is 0 Å². The normalized spacial score (nSPS) is 12.4. The molecule has 3 aromatic carbocycles. The fraction of sp³-hybridized carbons (Fsp3) is 0.357. The average Bonchev–Trinajstić information content (AvgIpc) is 2.89. The van der Waals surface area contributed by atoms with Crippen molar-refractivity contribution >= 4 is 21.6 Å². The van der Waals surface area contributed by atoms with E-state index in [0.717, 1.165) is 40.4 Å². The van der Waals surface area contributed by atoms with Crippen LogP contribution in [0.1, 0.15) is 43.4 Å². The van der Waals surface area contributed by atoms with Crippen LogP contribution >= 0.6 is 21.6 Å². The Morgan fingerprint density at radius 1 is 0.758 bits per heavy atom. The third-order valence-electron chi connectivity index (χ3n) is 5.67. The Balaban J connectivity index is 1.96. The molecule has 3 nitrogen and oxygen atoms in total. The molecule has 33 heavy (non-hydrogen) atoms. The summed E-state index contributed by atoms with van der Waals surface area (Å²) in [5, 5.41) is 0.679. The fourth-order valence-electron chi connectivity index (χ4n) is 3.65. The van der Waals surface area contributed by atoms with Crippen molar-refractivity contribution in [2.75, 3.05) is 26.6 Å². The molecular formula is C28H34O3S2. The number of hydrogen-bond donors (Lipinski definition) is 0. The van der Waals surface area contributed by atoms with Crippen molar-refractivity contribution in [3.8, 4) is 11.5 Å². The van der Waals surface area contributed by atoms with Crippen molar-refractivity contribution in [3.05, 3.63) is 95.6 Å². The van der Waals surface area contributed by atoms with Crippen LogP contribution < -0.4 is 9.47 Å². The van der Waals surface area contributed by atoms with Crippen molar-refractivity contribution < 1.29 is 14.2 Å². The van der Waals surface area contributed by atoms with E-state index in [9.17, 15) is 0 Å². The number of ether oxygens (including phenoxy) is 3. The van der Waals surface area contributed by atoms with Gasteiger partial charge in [-0.2, -0.15) is 0 Å². The first-order valence-corrected chi connectivity index (χ1v) is 13.8. The lowest BCUT2D eigenvalue weighted by molar-refractivity contribution is 0.0137. The van der Waals surface area contributed by atoms with Crippen LogP contribution in [0.15, 0.2) is 78.9 Å². The van der Waals surface area contributed by atoms with Gasteiger partial charge in [-0.25, -0.2) is 0 Å². The van der Waals surface area contributed by atoms with Crippen LogP contribution in [0.3, 0.4) is 0 Å². The van der Waals surface area contributed by atoms with E-state index >= 15 is 0 Å². The van der Waals surface area contributed by atoms with Gasteiger partial charge in [-0.15, -0.1) is 0 Å². The Morgan fingerprint density at radius 3 is 1.76 bits per heavy atom. The van der Waals surface area contributed by atoms with E-state index in [1.807, 2.05) is 51.9 Å². The Bertz CT molecular complexity index is 896. The van der Waals surface area contributed by atoms with Crippen molar-refractivity contribution in [1.82, 2.24) is 0 Å². The van der Waals surface area contributed by atoms with Crippen molar-refractivity contribution in [2.45, 2.75) is 37.5 Å². The summed E-state index contributed by atoms with van der Waals surface area (Å²) < 4.78 is 17.7. The topological polar surface area (TPSA) is 27.7 Å². The first kappa shape index (κ1) is 25.5. The molecule has 0 aliphatic heterocycles. The highest BCUT2D eigenvalue weighted by Crippen LogP contribution is 2.42. The highest BCUT2D eigenvalue weighted by Gasteiger charge is 2.37. The molecule has 176 valence electrons. The standard InChI is InChI=1S/C28H34O3S2/c1-5-22(2)33-32-21-9-20-31-28(23-10-7-6-8-11-23,24-12-16-26(29-3)17-13-24)25-14-18-27(30-4)19-15-25/h6-8,10-19,22H,5,9,20-21H2,1-4H3. The second-order valence-corrected chi connectivity index (χ2v) is 10.8. The van der Waals surface area contributed by atoms with E-state index in [1.165, 1.54) is 6.42 Å². The molecule has 0 aliphatic carbocycles. The molecule has 0 saturated heterocycles. The van der Waals surface area contributed by atoms with E-state index in [1.54, 1.807) is 14.2 Å². The Morgan fingerprint density at radius 2 is 1.27 bits per heavy atom. The quantitative estimate of drug-likeness (QED) is 0.142. The molecule has 0 radical (unpaired) electrons. The molecule has 5 heteroatoms. The van der Waals surface area contributed by atoms with E-state index < -0.39 is 5.60 Å². The molecule has 0 heterocycles. The molecule has 0 fully saturated rings. The van der Waals surface area contributed by atoms with Gasteiger partial charge in [-0.1, -0.05) is 90.0 Å². The molecule has 0 amide bonds. The second kappa shape index (κ2) is 13.0. The minimum absolute atomic E-state index is 0.654. The number of rotatable bonds is 13. The predicted octanol–water partition coefficient (Wildman–Crippen LogP) is 7.58. The summed E-state index contributed by atoms with van der Waals surface area (Å²) in [6.45, 7) is 5.17. The Kier molecular flexibility index (Phi) is 10.0. The maximum Gasteiger partial charge on any atom is 0.143 e. The first-order chi connectivity index (χ1) is 16.1. The summed E-state index contributed by atoms with van der Waals surface area (Å²) >= 11 is 0. The molecule has 0 N–H and O–H groups in total. The van der Waals surface area contributed by atoms with E-state index in [0.29, 0.717) is 11.9 Å². The van der Waals surface area contributed by atoms with Gasteiger partial charge in [0.15, 0.2) is 0 Å². The number of methoxy groups -OCH3 is 2. The number of benzene rings is 3. The second-order valence-electron chi connectivity index (χ2n) is 7.84. The van der Waals surface area contributed by atoms with E-state index in [2.05, 4.69) is 62.4 Å². The summed E-state index contributed by atoms with van der Waals surface area (Å²) in [6, 6.07) is 26.9. The van der Waals surface area contributed by atoms with Crippen LogP contribution in [0.5, 0.6) is 11.5 Å². The third-order valence-corrected chi connectivity index (χ3v) is 8.82. The lowest BCUT2D eigenvalue weighted by Crippen LogP contribution is -2.33. The van der Waals surface area contributed by atoms with Gasteiger partial charge >= 0.3 is 0 Å². The van der Waals surface area contributed by atoms with Crippen LogP contribution in [-0.2, 0) is 10.3 Å². The maximum absolute atomic E-state index is 6.86. The summed E-state index contributed by atoms with van der Waals surface area (Å²) in [5.74, 6) is 2.72. The molecule has 0 aromatic heterocycles. The number of hydrogen-bond acceptors (Lipinski definition) is 5. The van der Waals surface area contributed by atoms with Gasteiger partial charge in [0.2, 0.25) is 0 Å². The van der Waals surface area contributed by atoms with Gasteiger partial charge in [-0.05, 0) is 53.8 Å². The SMILES string of the molecule is CCC(C)SSCCCOC(c1ccccc1)(c1ccc(OC)cc1)c1ccc(OC)cc1. The fourth-order valence-corrected chi connectivity index (χ4v) is 6.10. The van der Waals surface area contributed by atoms with Crippen LogP contribution in [0, 0.1) is 0 Å². The van der Waals surface area contributed by atoms with Gasteiger partial charge in [0.1, 0.15) is 17.1 Å². The first-order valence-electron chi connectivity index (χ1n) is 11.4. The van der Waals surface area contributed by atoms with Gasteiger partial charge < -0.3 is 14.2 Å². The average molecular weight is 483 g/mol. The molecule has 1 unspecified atom stereocenters. The lowest BCUT2D eigenvalue weighted by Gasteiger charge is -2.36. The molecule has 1 atom stereocenters. The summed E-state index contributed by atoms with van der Waals surface area (Å²) in [4.78, 5) is 0. The zero-order valence-corrected chi connectivity index (χ0v) is 21.6. The molecule has 3 rings (SSSR count). The monoisotopic (exact) mass is 482 g/mol. The van der Waals surface area contributed by atoms with E-state index in [4.69, 9.17) is 14.2 Å². The van der Waals surface area contributed by atoms with Crippen LogP contribution in [0.2, 0.25) is 0 Å². The Labute approximate surface area is 206 Å². The molecule has 3 aromatic rings. The van der Waals surface area contributed by atoms with Crippen LogP contribution in [0.25, 0.3) is 0 Å². The molecule has 0 spiro atoms. The highest BCUT2D eigenvalue weighted by molar-refractivity contribution is 8.76. The third kappa shape index (κ3) is 6.50. The Hall–Kier alpha value is -2.08. The van der Waals surface area contributed by atoms with Crippen molar-refractivity contribution in [3.63, 3.8) is 0 Å². The maximum atomic E-state index is 6.86.